The Hall–Kier alpha value is -3.80. The zero-order valence-corrected chi connectivity index (χ0v) is 19.3. The number of benzene rings is 2. The Morgan fingerprint density at radius 1 is 0.500 bits per heavy atom. The highest BCUT2D eigenvalue weighted by Gasteiger charge is 2.25. The van der Waals surface area contributed by atoms with Crippen molar-refractivity contribution in [1.29, 1.82) is 0 Å². The molecule has 4 aromatic carbocycles. The topological polar surface area (TPSA) is 86.7 Å². The largest absolute Gasteiger partial charge is 0.489 e. The van der Waals surface area contributed by atoms with E-state index in [2.05, 4.69) is 0 Å². The van der Waals surface area contributed by atoms with Gasteiger partial charge in [0, 0.05) is 0 Å². The van der Waals surface area contributed by atoms with E-state index in [0.29, 0.717) is 35.5 Å². The molecule has 0 aliphatic rings. The first-order valence-corrected chi connectivity index (χ1v) is 11.6. The Morgan fingerprint density at radius 3 is 1.15 bits per heavy atom. The van der Waals surface area contributed by atoms with Gasteiger partial charge in [0.25, 0.3) is 10.9 Å². The standard InChI is InChI=1S/C28H26O6/c1-3-5-15-33-27-21(23(29)25(27)31)19-11-7-17(8-12-19)18-9-13-20(14-10-18)22-24(30)26(32)28(22)34-16-6-4-2/h7-14H,3-6,15-16H2,1-2H3. The lowest BCUT2D eigenvalue weighted by atomic mass is 9.95. The maximum Gasteiger partial charge on any atom is 0.268 e. The van der Waals surface area contributed by atoms with Crippen LogP contribution in [0.3, 0.4) is 0 Å². The number of hydrogen-bond donors (Lipinski definition) is 0. The van der Waals surface area contributed by atoms with Crippen LogP contribution < -0.4 is 31.2 Å². The van der Waals surface area contributed by atoms with E-state index in [9.17, 15) is 19.2 Å². The van der Waals surface area contributed by atoms with Crippen LogP contribution in [0.5, 0.6) is 11.5 Å². The molecule has 0 atom stereocenters. The highest BCUT2D eigenvalue weighted by atomic mass is 16.5. The molecule has 174 valence electrons. The van der Waals surface area contributed by atoms with E-state index >= 15 is 0 Å². The third-order valence-corrected chi connectivity index (χ3v) is 5.90. The summed E-state index contributed by atoms with van der Waals surface area (Å²) in [6, 6.07) is 14.7. The van der Waals surface area contributed by atoms with Gasteiger partial charge in [-0.3, -0.25) is 19.2 Å². The predicted molar refractivity (Wildman–Crippen MR) is 133 cm³/mol. The van der Waals surface area contributed by atoms with Gasteiger partial charge >= 0.3 is 0 Å². The molecular formula is C28H26O6. The van der Waals surface area contributed by atoms with Crippen molar-refractivity contribution in [3.8, 4) is 44.9 Å². The summed E-state index contributed by atoms with van der Waals surface area (Å²) < 4.78 is 11.1. The third kappa shape index (κ3) is 4.23. The Bertz CT molecular complexity index is 1310. The molecule has 0 bridgehead atoms. The van der Waals surface area contributed by atoms with E-state index in [0.717, 1.165) is 36.8 Å². The first kappa shape index (κ1) is 23.4. The third-order valence-electron chi connectivity index (χ3n) is 5.90. The first-order valence-electron chi connectivity index (χ1n) is 11.6. The van der Waals surface area contributed by atoms with Gasteiger partial charge in [-0.2, -0.15) is 0 Å². The van der Waals surface area contributed by atoms with Crippen LogP contribution in [0.25, 0.3) is 33.4 Å². The van der Waals surface area contributed by atoms with E-state index in [1.165, 1.54) is 0 Å². The van der Waals surface area contributed by atoms with Crippen molar-refractivity contribution in [2.75, 3.05) is 13.2 Å². The summed E-state index contributed by atoms with van der Waals surface area (Å²) in [5.74, 6) is 0.306. The van der Waals surface area contributed by atoms with Gasteiger partial charge in [-0.05, 0) is 35.1 Å². The molecule has 4 rings (SSSR count). The summed E-state index contributed by atoms with van der Waals surface area (Å²) in [5.41, 5.74) is 1.60. The smallest absolute Gasteiger partial charge is 0.268 e. The fraction of sp³-hybridized carbons (Fsp3) is 0.286. The van der Waals surface area contributed by atoms with Gasteiger partial charge < -0.3 is 9.47 Å². The Morgan fingerprint density at radius 2 is 0.824 bits per heavy atom. The van der Waals surface area contributed by atoms with Crippen LogP contribution in [0.2, 0.25) is 0 Å². The predicted octanol–water partition coefficient (Wildman–Crippen LogP) is 4.24. The Kier molecular flexibility index (Phi) is 6.87. The molecule has 0 aliphatic carbocycles. The van der Waals surface area contributed by atoms with Crippen molar-refractivity contribution >= 4 is 0 Å². The van der Waals surface area contributed by atoms with Crippen LogP contribution in [0.15, 0.2) is 67.7 Å². The highest BCUT2D eigenvalue weighted by Crippen LogP contribution is 2.31. The molecule has 4 aromatic rings. The molecule has 0 amide bonds. The molecule has 0 fully saturated rings. The van der Waals surface area contributed by atoms with Gasteiger partial charge in [-0.25, -0.2) is 0 Å². The van der Waals surface area contributed by atoms with Crippen LogP contribution in [0.4, 0.5) is 0 Å². The number of ether oxygens (including phenoxy) is 2. The van der Waals surface area contributed by atoms with Crippen molar-refractivity contribution in [1.82, 2.24) is 0 Å². The van der Waals surface area contributed by atoms with E-state index in [-0.39, 0.29) is 11.5 Å². The second-order valence-corrected chi connectivity index (χ2v) is 8.28. The van der Waals surface area contributed by atoms with Crippen molar-refractivity contribution in [3.63, 3.8) is 0 Å². The molecule has 0 N–H and O–H groups in total. The van der Waals surface area contributed by atoms with Crippen LogP contribution >= 0.6 is 0 Å². The molecule has 0 unspecified atom stereocenters. The van der Waals surface area contributed by atoms with E-state index < -0.39 is 21.7 Å². The summed E-state index contributed by atoms with van der Waals surface area (Å²) in [6.45, 7) is 4.88. The number of hydrogen-bond acceptors (Lipinski definition) is 6. The molecule has 0 heterocycles. The normalized spacial score (nSPS) is 11.2. The molecule has 0 saturated carbocycles. The molecule has 34 heavy (non-hydrogen) atoms. The van der Waals surface area contributed by atoms with E-state index in [4.69, 9.17) is 9.47 Å². The van der Waals surface area contributed by atoms with Crippen LogP contribution in [0, 0.1) is 0 Å². The summed E-state index contributed by atoms with van der Waals surface area (Å²) in [7, 11) is 0. The van der Waals surface area contributed by atoms with Crippen LogP contribution in [-0.4, -0.2) is 13.2 Å². The number of rotatable bonds is 11. The lowest BCUT2D eigenvalue weighted by Gasteiger charge is -2.14. The van der Waals surface area contributed by atoms with Gasteiger partial charge in [0.2, 0.25) is 10.9 Å². The maximum absolute atomic E-state index is 12.1. The van der Waals surface area contributed by atoms with E-state index in [1.54, 1.807) is 24.3 Å². The fourth-order valence-electron chi connectivity index (χ4n) is 3.84. The van der Waals surface area contributed by atoms with Crippen LogP contribution in [-0.2, 0) is 0 Å². The second-order valence-electron chi connectivity index (χ2n) is 8.28. The quantitative estimate of drug-likeness (QED) is 0.247. The number of unbranched alkanes of at least 4 members (excludes halogenated alkanes) is 2. The van der Waals surface area contributed by atoms with Gasteiger partial charge in [0.1, 0.15) is 0 Å². The molecule has 0 radical (unpaired) electrons. The van der Waals surface area contributed by atoms with Gasteiger partial charge in [0.05, 0.1) is 24.3 Å². The average Bonchev–Trinajstić information content (AvgIpc) is 2.87. The summed E-state index contributed by atoms with van der Waals surface area (Å²) in [4.78, 5) is 48.0. The summed E-state index contributed by atoms with van der Waals surface area (Å²) in [6.07, 6.45) is 3.51. The van der Waals surface area contributed by atoms with Gasteiger partial charge in [-0.15, -0.1) is 0 Å². The molecule has 0 aliphatic heterocycles. The van der Waals surface area contributed by atoms with E-state index in [1.807, 2.05) is 38.1 Å². The molecule has 0 aromatic heterocycles. The van der Waals surface area contributed by atoms with Gasteiger partial charge in [0.15, 0.2) is 11.5 Å². The molecule has 0 spiro atoms. The SMILES string of the molecule is CCCCOc1c(-c2ccc(-c3ccc(-c4c(OCCCC)c(=O)c4=O)cc3)cc2)c(=O)c1=O. The van der Waals surface area contributed by atoms with Crippen molar-refractivity contribution in [2.45, 2.75) is 39.5 Å². The lowest BCUT2D eigenvalue weighted by Crippen LogP contribution is -2.34. The van der Waals surface area contributed by atoms with Crippen molar-refractivity contribution in [2.24, 2.45) is 0 Å². The molecule has 6 heteroatoms. The Balaban J connectivity index is 1.53. The van der Waals surface area contributed by atoms with Crippen molar-refractivity contribution < 1.29 is 9.47 Å². The van der Waals surface area contributed by atoms with Gasteiger partial charge in [-0.1, -0.05) is 75.2 Å². The fourth-order valence-corrected chi connectivity index (χ4v) is 3.84. The molecule has 0 saturated heterocycles. The summed E-state index contributed by atoms with van der Waals surface area (Å²) >= 11 is 0. The zero-order valence-electron chi connectivity index (χ0n) is 19.3. The highest BCUT2D eigenvalue weighted by molar-refractivity contribution is 5.79. The molecular weight excluding hydrogens is 432 g/mol. The summed E-state index contributed by atoms with van der Waals surface area (Å²) in [5, 5.41) is 0. The average molecular weight is 459 g/mol. The van der Waals surface area contributed by atoms with Crippen LogP contribution in [0.1, 0.15) is 39.5 Å². The maximum atomic E-state index is 12.1. The molecule has 6 nitrogen and oxygen atoms in total. The second kappa shape index (κ2) is 10.00. The minimum Gasteiger partial charge on any atom is -0.489 e. The minimum atomic E-state index is -0.567. The monoisotopic (exact) mass is 458 g/mol. The lowest BCUT2D eigenvalue weighted by molar-refractivity contribution is 0.304. The minimum absolute atomic E-state index is 0.153. The zero-order chi connectivity index (χ0) is 24.2. The van der Waals surface area contributed by atoms with Crippen molar-refractivity contribution in [3.05, 3.63) is 89.4 Å². The first-order chi connectivity index (χ1) is 16.5. The Labute approximate surface area is 196 Å².